The second-order valence-corrected chi connectivity index (χ2v) is 8.77. The molecule has 5 heteroatoms. The van der Waals surface area contributed by atoms with E-state index in [-0.39, 0.29) is 0 Å². The first kappa shape index (κ1) is 24.3. The molecule has 0 atom stereocenters. The van der Waals surface area contributed by atoms with Gasteiger partial charge in [-0.05, 0) is 78.6 Å². The Morgan fingerprint density at radius 1 is 1.27 bits per heavy atom. The van der Waals surface area contributed by atoms with E-state index in [9.17, 15) is 0 Å². The molecule has 0 spiro atoms. The predicted octanol–water partition coefficient (Wildman–Crippen LogP) is 6.16. The molecule has 0 bridgehead atoms. The van der Waals surface area contributed by atoms with Crippen molar-refractivity contribution < 1.29 is 0 Å². The molecule has 0 radical (unpaired) electrons. The fraction of sp³-hybridized carbons (Fsp3) is 0.480. The number of hydrogen-bond donors (Lipinski definition) is 1. The van der Waals surface area contributed by atoms with E-state index in [0.717, 1.165) is 54.8 Å². The lowest BCUT2D eigenvalue weighted by Gasteiger charge is -2.27. The van der Waals surface area contributed by atoms with Crippen LogP contribution in [-0.4, -0.2) is 34.8 Å². The number of nitrogens with zero attached hydrogens (tertiary/aromatic N) is 3. The quantitative estimate of drug-likeness (QED) is 0.375. The first-order valence-corrected chi connectivity index (χ1v) is 11.8. The molecular weight excluding hydrogens is 436 g/mol. The zero-order valence-corrected chi connectivity index (χ0v) is 20.8. The lowest BCUT2D eigenvalue weighted by atomic mass is 9.99. The highest BCUT2D eigenvalue weighted by molar-refractivity contribution is 9.10. The molecule has 1 N–H and O–H groups in total. The molecule has 1 aromatic carbocycles. The van der Waals surface area contributed by atoms with Crippen LogP contribution >= 0.6 is 15.9 Å². The molecule has 0 saturated carbocycles. The standard InChI is InChI=1S/C25H37BrN4/c1-7-22(8-2)20(4)29(6)17-11-16-27-25(30-21(5)24(26)18-28-30)15-14-23-13-10-9-12-19(23)3/h9-10,12-13,15,18,22,27H,4,7-8,11,14,16-17H2,1-3,5-6H3/b25-15-. The van der Waals surface area contributed by atoms with E-state index in [0.29, 0.717) is 5.92 Å². The van der Waals surface area contributed by atoms with E-state index in [4.69, 9.17) is 0 Å². The molecule has 0 aliphatic carbocycles. The summed E-state index contributed by atoms with van der Waals surface area (Å²) >= 11 is 3.58. The van der Waals surface area contributed by atoms with Crippen LogP contribution in [0.2, 0.25) is 0 Å². The van der Waals surface area contributed by atoms with E-state index in [1.807, 2.05) is 10.9 Å². The Morgan fingerprint density at radius 2 is 1.97 bits per heavy atom. The number of rotatable bonds is 12. The minimum atomic E-state index is 0.580. The van der Waals surface area contributed by atoms with Gasteiger partial charge in [0, 0.05) is 25.8 Å². The van der Waals surface area contributed by atoms with Gasteiger partial charge in [-0.25, -0.2) is 4.68 Å². The fourth-order valence-corrected chi connectivity index (χ4v) is 3.92. The van der Waals surface area contributed by atoms with Crippen LogP contribution < -0.4 is 5.32 Å². The van der Waals surface area contributed by atoms with E-state index >= 15 is 0 Å². The summed E-state index contributed by atoms with van der Waals surface area (Å²) in [5, 5.41) is 8.17. The Labute approximate surface area is 191 Å². The lowest BCUT2D eigenvalue weighted by molar-refractivity contribution is 0.343. The highest BCUT2D eigenvalue weighted by Crippen LogP contribution is 2.20. The second kappa shape index (κ2) is 12.0. The molecule has 2 aromatic rings. The molecule has 0 fully saturated rings. The SMILES string of the molecule is C=C(C(CC)CC)N(C)CCCN/C(=C/Cc1ccccc1C)n1ncc(Br)c1C. The minimum absolute atomic E-state index is 0.580. The van der Waals surface area contributed by atoms with Crippen molar-refractivity contribution in [3.8, 4) is 0 Å². The molecule has 1 aromatic heterocycles. The van der Waals surface area contributed by atoms with Crippen LogP contribution in [-0.2, 0) is 6.42 Å². The highest BCUT2D eigenvalue weighted by atomic mass is 79.9. The number of benzene rings is 1. The van der Waals surface area contributed by atoms with Gasteiger partial charge in [-0.3, -0.25) is 0 Å². The topological polar surface area (TPSA) is 33.1 Å². The summed E-state index contributed by atoms with van der Waals surface area (Å²) in [6.45, 7) is 14.9. The Morgan fingerprint density at radius 3 is 2.57 bits per heavy atom. The number of aryl methyl sites for hydroxylation is 1. The van der Waals surface area contributed by atoms with Crippen LogP contribution in [0.5, 0.6) is 0 Å². The molecule has 0 amide bonds. The van der Waals surface area contributed by atoms with E-state index in [1.165, 1.54) is 16.8 Å². The first-order valence-electron chi connectivity index (χ1n) is 11.0. The Balaban J connectivity index is 2.02. The molecule has 2 rings (SSSR count). The van der Waals surface area contributed by atoms with Crippen LogP contribution in [0.25, 0.3) is 5.82 Å². The Bertz CT molecular complexity index is 849. The van der Waals surface area contributed by atoms with Crippen molar-refractivity contribution in [3.63, 3.8) is 0 Å². The zero-order valence-electron chi connectivity index (χ0n) is 19.2. The van der Waals surface area contributed by atoms with Gasteiger partial charge in [0.1, 0.15) is 5.82 Å². The van der Waals surface area contributed by atoms with Gasteiger partial charge in [0.25, 0.3) is 0 Å². The van der Waals surface area contributed by atoms with Crippen LogP contribution in [0.1, 0.15) is 49.9 Å². The van der Waals surface area contributed by atoms with Crippen LogP contribution in [0.3, 0.4) is 0 Å². The van der Waals surface area contributed by atoms with Gasteiger partial charge in [-0.15, -0.1) is 0 Å². The maximum absolute atomic E-state index is 4.55. The Hall–Kier alpha value is -2.01. The number of allylic oxidation sites excluding steroid dienone is 2. The van der Waals surface area contributed by atoms with Crippen molar-refractivity contribution in [1.29, 1.82) is 0 Å². The van der Waals surface area contributed by atoms with Crippen molar-refractivity contribution in [1.82, 2.24) is 20.0 Å². The van der Waals surface area contributed by atoms with Gasteiger partial charge >= 0.3 is 0 Å². The van der Waals surface area contributed by atoms with Gasteiger partial charge in [0.05, 0.1) is 16.4 Å². The van der Waals surface area contributed by atoms with Gasteiger partial charge in [-0.1, -0.05) is 44.7 Å². The monoisotopic (exact) mass is 472 g/mol. The van der Waals surface area contributed by atoms with Crippen molar-refractivity contribution in [2.75, 3.05) is 20.1 Å². The van der Waals surface area contributed by atoms with E-state index < -0.39 is 0 Å². The largest absolute Gasteiger partial charge is 0.378 e. The summed E-state index contributed by atoms with van der Waals surface area (Å²) in [5.74, 6) is 1.61. The predicted molar refractivity (Wildman–Crippen MR) is 132 cm³/mol. The summed E-state index contributed by atoms with van der Waals surface area (Å²) in [6, 6.07) is 8.53. The second-order valence-electron chi connectivity index (χ2n) is 7.92. The summed E-state index contributed by atoms with van der Waals surface area (Å²) in [4.78, 5) is 2.31. The minimum Gasteiger partial charge on any atom is -0.378 e. The normalized spacial score (nSPS) is 11.8. The summed E-state index contributed by atoms with van der Waals surface area (Å²) in [6.07, 6.45) is 8.30. The summed E-state index contributed by atoms with van der Waals surface area (Å²) in [5.41, 5.74) is 5.00. The van der Waals surface area contributed by atoms with Crippen molar-refractivity contribution in [2.24, 2.45) is 5.92 Å². The average Bonchev–Trinajstić information content (AvgIpc) is 3.07. The molecular formula is C25H37BrN4. The van der Waals surface area contributed by atoms with Gasteiger partial charge in [-0.2, -0.15) is 5.10 Å². The first-order chi connectivity index (χ1) is 14.4. The maximum atomic E-state index is 4.55. The van der Waals surface area contributed by atoms with Crippen molar-refractivity contribution in [3.05, 3.63) is 70.1 Å². The molecule has 1 heterocycles. The van der Waals surface area contributed by atoms with Gasteiger partial charge in [0.15, 0.2) is 0 Å². The third kappa shape index (κ3) is 6.49. The maximum Gasteiger partial charge on any atom is 0.124 e. The smallest absolute Gasteiger partial charge is 0.124 e. The highest BCUT2D eigenvalue weighted by Gasteiger charge is 2.12. The van der Waals surface area contributed by atoms with E-state index in [2.05, 4.69) is 103 Å². The van der Waals surface area contributed by atoms with Crippen molar-refractivity contribution in [2.45, 2.75) is 53.4 Å². The molecule has 30 heavy (non-hydrogen) atoms. The van der Waals surface area contributed by atoms with Gasteiger partial charge in [0.2, 0.25) is 0 Å². The lowest BCUT2D eigenvalue weighted by Crippen LogP contribution is -2.27. The number of halogens is 1. The molecule has 0 aliphatic heterocycles. The number of nitrogens with one attached hydrogen (secondary N) is 1. The van der Waals surface area contributed by atoms with Gasteiger partial charge < -0.3 is 10.2 Å². The van der Waals surface area contributed by atoms with Crippen LogP contribution in [0, 0.1) is 19.8 Å². The third-order valence-electron chi connectivity index (χ3n) is 5.88. The molecule has 0 saturated heterocycles. The van der Waals surface area contributed by atoms with Crippen molar-refractivity contribution >= 4 is 21.8 Å². The van der Waals surface area contributed by atoms with Crippen LogP contribution in [0.4, 0.5) is 0 Å². The number of hydrogen-bond acceptors (Lipinski definition) is 3. The molecule has 0 aliphatic rings. The zero-order chi connectivity index (χ0) is 22.1. The van der Waals surface area contributed by atoms with Crippen LogP contribution in [0.15, 0.2) is 53.3 Å². The molecule has 0 unspecified atom stereocenters. The average molecular weight is 474 g/mol. The summed E-state index contributed by atoms with van der Waals surface area (Å²) < 4.78 is 3.00. The Kier molecular flexibility index (Phi) is 9.70. The third-order valence-corrected chi connectivity index (χ3v) is 6.66. The molecule has 4 nitrogen and oxygen atoms in total. The fourth-order valence-electron chi connectivity index (χ4n) is 3.66. The van der Waals surface area contributed by atoms with E-state index in [1.54, 1.807) is 0 Å². The number of aromatic nitrogens is 2. The molecule has 164 valence electrons. The summed E-state index contributed by atoms with van der Waals surface area (Å²) in [7, 11) is 2.16.